The van der Waals surface area contributed by atoms with E-state index in [1.165, 1.54) is 6.07 Å². The molecule has 3 aromatic rings. The van der Waals surface area contributed by atoms with Crippen molar-refractivity contribution in [2.45, 2.75) is 52.3 Å². The molecule has 1 aliphatic rings. The van der Waals surface area contributed by atoms with Gasteiger partial charge in [0.2, 0.25) is 0 Å². The molecule has 2 atom stereocenters. The highest BCUT2D eigenvalue weighted by Gasteiger charge is 2.42. The Hall–Kier alpha value is -2.68. The molecule has 9 heteroatoms. The number of rotatable bonds is 5. The van der Waals surface area contributed by atoms with Gasteiger partial charge in [-0.25, -0.2) is 9.97 Å². The van der Waals surface area contributed by atoms with E-state index in [1.54, 1.807) is 18.3 Å². The third-order valence-corrected chi connectivity index (χ3v) is 6.59. The van der Waals surface area contributed by atoms with Gasteiger partial charge in [0.1, 0.15) is 17.2 Å². The number of hydrogen-bond donors (Lipinski definition) is 2. The number of aromatic nitrogens is 4. The number of hydrogen-bond acceptors (Lipinski definition) is 5. The highest BCUT2D eigenvalue weighted by molar-refractivity contribution is 5.90. The van der Waals surface area contributed by atoms with Crippen molar-refractivity contribution in [1.82, 2.24) is 20.2 Å². The molecule has 3 N–H and O–H groups in total. The van der Waals surface area contributed by atoms with E-state index in [0.717, 1.165) is 25.3 Å². The molecular weight excluding hydrogens is 417 g/mol. The number of aromatic amines is 1. The standard InChI is InChI=1S/C23H29F3N6/c1-4-22(12-14(2)3)13-32(11-9-17(22)27)18-8-7-16(23(24,25)26)20(29-18)19-15-6-5-10-28-21(15)31-30-19/h5-8,10,14,17H,4,9,11-13,27H2,1-3H3,(H,28,30,31). The lowest BCUT2D eigenvalue weighted by molar-refractivity contribution is -0.137. The van der Waals surface area contributed by atoms with E-state index >= 15 is 0 Å². The number of H-pyrrole nitrogens is 1. The summed E-state index contributed by atoms with van der Waals surface area (Å²) in [4.78, 5) is 10.7. The maximum atomic E-state index is 13.9. The van der Waals surface area contributed by atoms with E-state index < -0.39 is 11.7 Å². The second-order valence-corrected chi connectivity index (χ2v) is 9.17. The van der Waals surface area contributed by atoms with Gasteiger partial charge in [0.05, 0.1) is 5.56 Å². The second-order valence-electron chi connectivity index (χ2n) is 9.17. The fourth-order valence-corrected chi connectivity index (χ4v) is 4.99. The number of pyridine rings is 2. The number of anilines is 1. The molecule has 0 spiro atoms. The first kappa shape index (κ1) is 22.5. The van der Waals surface area contributed by atoms with Crippen LogP contribution in [0.2, 0.25) is 0 Å². The summed E-state index contributed by atoms with van der Waals surface area (Å²) in [5.74, 6) is 0.988. The molecule has 4 heterocycles. The lowest BCUT2D eigenvalue weighted by Gasteiger charge is -2.48. The Morgan fingerprint density at radius 2 is 2.03 bits per heavy atom. The predicted molar refractivity (Wildman–Crippen MR) is 119 cm³/mol. The molecule has 0 bridgehead atoms. The normalized spacial score (nSPS) is 22.1. The van der Waals surface area contributed by atoms with Crippen molar-refractivity contribution < 1.29 is 13.2 Å². The Morgan fingerprint density at radius 3 is 2.72 bits per heavy atom. The molecule has 0 amide bonds. The van der Waals surface area contributed by atoms with E-state index in [2.05, 4.69) is 45.8 Å². The van der Waals surface area contributed by atoms with Crippen molar-refractivity contribution in [3.8, 4) is 11.4 Å². The minimum Gasteiger partial charge on any atom is -0.356 e. The Morgan fingerprint density at radius 1 is 1.25 bits per heavy atom. The molecule has 3 aromatic heterocycles. The number of piperidine rings is 1. The summed E-state index contributed by atoms with van der Waals surface area (Å²) >= 11 is 0. The third kappa shape index (κ3) is 4.05. The molecule has 0 radical (unpaired) electrons. The van der Waals surface area contributed by atoms with Crippen LogP contribution in [0.5, 0.6) is 0 Å². The van der Waals surface area contributed by atoms with Crippen LogP contribution in [-0.4, -0.2) is 39.3 Å². The zero-order chi connectivity index (χ0) is 23.1. The predicted octanol–water partition coefficient (Wildman–Crippen LogP) is 5.02. The van der Waals surface area contributed by atoms with E-state index in [9.17, 15) is 13.2 Å². The van der Waals surface area contributed by atoms with Crippen molar-refractivity contribution in [3.05, 3.63) is 36.0 Å². The van der Waals surface area contributed by atoms with Crippen LogP contribution in [0.1, 0.15) is 45.6 Å². The maximum Gasteiger partial charge on any atom is 0.418 e. The van der Waals surface area contributed by atoms with Gasteiger partial charge in [-0.2, -0.15) is 18.3 Å². The van der Waals surface area contributed by atoms with Crippen LogP contribution in [0.15, 0.2) is 30.5 Å². The molecule has 32 heavy (non-hydrogen) atoms. The number of alkyl halides is 3. The summed E-state index contributed by atoms with van der Waals surface area (Å²) in [6.07, 6.45) is -0.345. The van der Waals surface area contributed by atoms with Gasteiger partial charge in [-0.05, 0) is 49.4 Å². The van der Waals surface area contributed by atoms with Gasteiger partial charge in [0, 0.05) is 36.1 Å². The third-order valence-electron chi connectivity index (χ3n) is 6.59. The summed E-state index contributed by atoms with van der Waals surface area (Å²) in [7, 11) is 0. The minimum atomic E-state index is -4.55. The Labute approximate surface area is 185 Å². The number of nitrogens with two attached hydrogens (primary N) is 1. The van der Waals surface area contributed by atoms with Gasteiger partial charge in [-0.3, -0.25) is 5.10 Å². The summed E-state index contributed by atoms with van der Waals surface area (Å²) in [5.41, 5.74) is 6.03. The van der Waals surface area contributed by atoms with E-state index in [1.807, 2.05) is 0 Å². The van der Waals surface area contributed by atoms with Gasteiger partial charge in [0.25, 0.3) is 0 Å². The van der Waals surface area contributed by atoms with Crippen LogP contribution in [0.25, 0.3) is 22.4 Å². The zero-order valence-electron chi connectivity index (χ0n) is 18.6. The number of nitrogens with one attached hydrogen (secondary N) is 1. The fraction of sp³-hybridized carbons (Fsp3) is 0.522. The molecule has 4 rings (SSSR count). The molecule has 0 saturated carbocycles. The largest absolute Gasteiger partial charge is 0.418 e. The average Bonchev–Trinajstić information content (AvgIpc) is 3.18. The maximum absolute atomic E-state index is 13.9. The molecule has 1 saturated heterocycles. The van der Waals surface area contributed by atoms with E-state index in [4.69, 9.17) is 5.73 Å². The SMILES string of the molecule is CCC1(CC(C)C)CN(c2ccc(C(F)(F)F)c(-c3n[nH]c4ncccc34)n2)CCC1N. The second kappa shape index (κ2) is 8.35. The Kier molecular flexibility index (Phi) is 5.87. The van der Waals surface area contributed by atoms with Crippen LogP contribution >= 0.6 is 0 Å². The van der Waals surface area contributed by atoms with Crippen molar-refractivity contribution in [2.24, 2.45) is 17.1 Å². The van der Waals surface area contributed by atoms with Gasteiger partial charge >= 0.3 is 6.18 Å². The monoisotopic (exact) mass is 446 g/mol. The summed E-state index contributed by atoms with van der Waals surface area (Å²) < 4.78 is 41.6. The first-order valence-electron chi connectivity index (χ1n) is 11.0. The smallest absolute Gasteiger partial charge is 0.356 e. The topological polar surface area (TPSA) is 83.7 Å². The first-order chi connectivity index (χ1) is 15.1. The summed E-state index contributed by atoms with van der Waals surface area (Å²) in [6.45, 7) is 7.81. The molecule has 6 nitrogen and oxygen atoms in total. The lowest BCUT2D eigenvalue weighted by Crippen LogP contribution is -2.56. The lowest BCUT2D eigenvalue weighted by atomic mass is 9.69. The molecule has 0 aliphatic carbocycles. The zero-order valence-corrected chi connectivity index (χ0v) is 18.6. The Bertz CT molecular complexity index is 1090. The van der Waals surface area contributed by atoms with Gasteiger partial charge in [-0.15, -0.1) is 0 Å². The molecule has 1 fully saturated rings. The van der Waals surface area contributed by atoms with E-state index in [-0.39, 0.29) is 22.8 Å². The van der Waals surface area contributed by atoms with Crippen LogP contribution in [0.3, 0.4) is 0 Å². The summed E-state index contributed by atoms with van der Waals surface area (Å²) in [6, 6.07) is 6.00. The van der Waals surface area contributed by atoms with Crippen LogP contribution in [-0.2, 0) is 6.18 Å². The van der Waals surface area contributed by atoms with Crippen LogP contribution in [0.4, 0.5) is 19.0 Å². The quantitative estimate of drug-likeness (QED) is 0.575. The molecule has 2 unspecified atom stereocenters. The van der Waals surface area contributed by atoms with Crippen LogP contribution in [0, 0.1) is 11.3 Å². The number of halogens is 3. The van der Waals surface area contributed by atoms with Gasteiger partial charge in [-0.1, -0.05) is 20.8 Å². The molecule has 0 aromatic carbocycles. The van der Waals surface area contributed by atoms with Crippen LogP contribution < -0.4 is 10.6 Å². The highest BCUT2D eigenvalue weighted by atomic mass is 19.4. The Balaban J connectivity index is 1.79. The number of fused-ring (bicyclic) bond motifs is 1. The summed E-state index contributed by atoms with van der Waals surface area (Å²) in [5, 5.41) is 7.35. The van der Waals surface area contributed by atoms with Crippen molar-refractivity contribution >= 4 is 16.9 Å². The van der Waals surface area contributed by atoms with Crippen molar-refractivity contribution in [3.63, 3.8) is 0 Å². The molecule has 1 aliphatic heterocycles. The van der Waals surface area contributed by atoms with Crippen molar-refractivity contribution in [2.75, 3.05) is 18.0 Å². The van der Waals surface area contributed by atoms with E-state index in [0.29, 0.717) is 35.9 Å². The van der Waals surface area contributed by atoms with Crippen molar-refractivity contribution in [1.29, 1.82) is 0 Å². The van der Waals surface area contributed by atoms with Gasteiger partial charge < -0.3 is 10.6 Å². The minimum absolute atomic E-state index is 0.0569. The average molecular weight is 447 g/mol. The highest BCUT2D eigenvalue weighted by Crippen LogP contribution is 2.42. The first-order valence-corrected chi connectivity index (χ1v) is 11.0. The van der Waals surface area contributed by atoms with Gasteiger partial charge in [0.15, 0.2) is 5.65 Å². The fourth-order valence-electron chi connectivity index (χ4n) is 4.99. The molecule has 172 valence electrons. The molecular formula is C23H29F3N6. The number of nitrogens with zero attached hydrogens (tertiary/aromatic N) is 4.